The molecule has 0 spiro atoms. The highest BCUT2D eigenvalue weighted by atomic mass is 16.1. The van der Waals surface area contributed by atoms with E-state index in [9.17, 15) is 4.79 Å². The van der Waals surface area contributed by atoms with Crippen LogP contribution in [0.3, 0.4) is 0 Å². The molecule has 1 aliphatic rings. The number of carbonyl (C=O) groups is 1. The average Bonchev–Trinajstić information content (AvgIpc) is 2.14. The molecule has 0 unspecified atom stereocenters. The Morgan fingerprint density at radius 2 is 2.43 bits per heavy atom. The molecule has 0 atom stereocenters. The van der Waals surface area contributed by atoms with Crippen LogP contribution in [0.4, 0.5) is 0 Å². The van der Waals surface area contributed by atoms with E-state index in [0.29, 0.717) is 6.54 Å². The molecule has 1 N–H and O–H groups in total. The highest BCUT2D eigenvalue weighted by Crippen LogP contribution is 2.26. The molecule has 0 bridgehead atoms. The van der Waals surface area contributed by atoms with Crippen LogP contribution in [0.15, 0.2) is 24.5 Å². The number of hydrogen-bond donors (Lipinski definition) is 1. The quantitative estimate of drug-likeness (QED) is 0.784. The molecule has 1 aromatic rings. The molecule has 0 aliphatic heterocycles. The van der Waals surface area contributed by atoms with Gasteiger partial charge in [-0.05, 0) is 24.5 Å². The smallest absolute Gasteiger partial charge is 0.223 e. The fraction of sp³-hybridized carbons (Fsp3) is 0.455. The summed E-state index contributed by atoms with van der Waals surface area (Å²) < 4.78 is 0. The van der Waals surface area contributed by atoms with Crippen molar-refractivity contribution in [2.75, 3.05) is 0 Å². The maximum Gasteiger partial charge on any atom is 0.223 e. The Morgan fingerprint density at radius 3 is 3.00 bits per heavy atom. The lowest BCUT2D eigenvalue weighted by Gasteiger charge is -2.23. The third kappa shape index (κ3) is 2.10. The Kier molecular flexibility index (Phi) is 2.77. The molecule has 0 saturated heterocycles. The Morgan fingerprint density at radius 1 is 1.57 bits per heavy atom. The van der Waals surface area contributed by atoms with E-state index >= 15 is 0 Å². The summed E-state index contributed by atoms with van der Waals surface area (Å²) >= 11 is 0. The summed E-state index contributed by atoms with van der Waals surface area (Å²) in [5.74, 6) is 0.465. The van der Waals surface area contributed by atoms with Crippen molar-refractivity contribution in [2.24, 2.45) is 5.92 Å². The lowest BCUT2D eigenvalue weighted by atomic mass is 9.85. The van der Waals surface area contributed by atoms with Crippen molar-refractivity contribution < 1.29 is 4.79 Å². The first-order chi connectivity index (χ1) is 6.86. The monoisotopic (exact) mass is 190 g/mol. The van der Waals surface area contributed by atoms with Gasteiger partial charge in [-0.25, -0.2) is 0 Å². The van der Waals surface area contributed by atoms with Crippen molar-refractivity contribution in [2.45, 2.75) is 25.8 Å². The van der Waals surface area contributed by atoms with E-state index in [4.69, 9.17) is 0 Å². The molecular weight excluding hydrogens is 176 g/mol. The van der Waals surface area contributed by atoms with Crippen molar-refractivity contribution >= 4 is 5.91 Å². The summed E-state index contributed by atoms with van der Waals surface area (Å²) in [6.45, 7) is 0.600. The number of pyridine rings is 1. The van der Waals surface area contributed by atoms with E-state index in [-0.39, 0.29) is 11.8 Å². The molecule has 3 heteroatoms. The van der Waals surface area contributed by atoms with Crippen molar-refractivity contribution in [1.29, 1.82) is 0 Å². The predicted octanol–water partition coefficient (Wildman–Crippen LogP) is 1.50. The Bertz CT molecular complexity index is 306. The maximum atomic E-state index is 11.5. The minimum atomic E-state index is 0.195. The van der Waals surface area contributed by atoms with Gasteiger partial charge < -0.3 is 5.32 Å². The summed E-state index contributed by atoms with van der Waals surface area (Å²) in [4.78, 5) is 15.5. The van der Waals surface area contributed by atoms with Crippen LogP contribution in [-0.4, -0.2) is 10.9 Å². The maximum absolute atomic E-state index is 11.5. The van der Waals surface area contributed by atoms with Crippen LogP contribution in [0.2, 0.25) is 0 Å². The van der Waals surface area contributed by atoms with Crippen molar-refractivity contribution in [1.82, 2.24) is 10.3 Å². The van der Waals surface area contributed by atoms with Gasteiger partial charge in [-0.1, -0.05) is 12.5 Å². The first kappa shape index (κ1) is 9.19. The zero-order valence-corrected chi connectivity index (χ0v) is 8.07. The normalized spacial score (nSPS) is 16.0. The summed E-state index contributed by atoms with van der Waals surface area (Å²) in [7, 11) is 0. The second-order valence-corrected chi connectivity index (χ2v) is 3.71. The third-order valence-electron chi connectivity index (χ3n) is 2.67. The summed E-state index contributed by atoms with van der Waals surface area (Å²) in [6, 6.07) is 3.85. The van der Waals surface area contributed by atoms with Crippen molar-refractivity contribution in [3.8, 4) is 0 Å². The largest absolute Gasteiger partial charge is 0.352 e. The highest BCUT2D eigenvalue weighted by Gasteiger charge is 2.24. The number of carbonyl (C=O) groups excluding carboxylic acids is 1. The van der Waals surface area contributed by atoms with Crippen molar-refractivity contribution in [3.63, 3.8) is 0 Å². The van der Waals surface area contributed by atoms with Gasteiger partial charge in [0.2, 0.25) is 5.91 Å². The van der Waals surface area contributed by atoms with E-state index in [2.05, 4.69) is 10.3 Å². The average molecular weight is 190 g/mol. The second kappa shape index (κ2) is 4.22. The SMILES string of the molecule is O=C(NCc1cccnc1)C1CCC1. The van der Waals surface area contributed by atoms with E-state index in [1.54, 1.807) is 12.4 Å². The molecule has 1 aliphatic carbocycles. The number of nitrogens with one attached hydrogen (secondary N) is 1. The van der Waals surface area contributed by atoms with Gasteiger partial charge in [0.15, 0.2) is 0 Å². The molecule has 0 radical (unpaired) electrons. The standard InChI is InChI=1S/C11H14N2O/c14-11(10-4-1-5-10)13-8-9-3-2-6-12-7-9/h2-3,6-7,10H,1,4-5,8H2,(H,13,14). The first-order valence-corrected chi connectivity index (χ1v) is 5.03. The molecule has 1 fully saturated rings. The predicted molar refractivity (Wildman–Crippen MR) is 53.4 cm³/mol. The van der Waals surface area contributed by atoms with Crippen LogP contribution >= 0.6 is 0 Å². The Balaban J connectivity index is 1.79. The highest BCUT2D eigenvalue weighted by molar-refractivity contribution is 5.79. The molecule has 0 aromatic carbocycles. The van der Waals surface area contributed by atoms with Crippen LogP contribution < -0.4 is 5.32 Å². The molecule has 2 rings (SSSR count). The van der Waals surface area contributed by atoms with Gasteiger partial charge >= 0.3 is 0 Å². The minimum absolute atomic E-state index is 0.195. The van der Waals surface area contributed by atoms with E-state index in [0.717, 1.165) is 18.4 Å². The minimum Gasteiger partial charge on any atom is -0.352 e. The second-order valence-electron chi connectivity index (χ2n) is 3.71. The van der Waals surface area contributed by atoms with E-state index < -0.39 is 0 Å². The van der Waals surface area contributed by atoms with Crippen molar-refractivity contribution in [3.05, 3.63) is 30.1 Å². The number of rotatable bonds is 3. The lowest BCUT2D eigenvalue weighted by Crippen LogP contribution is -2.33. The zero-order chi connectivity index (χ0) is 9.80. The topological polar surface area (TPSA) is 42.0 Å². The number of hydrogen-bond acceptors (Lipinski definition) is 2. The van der Waals surface area contributed by atoms with E-state index in [1.807, 2.05) is 12.1 Å². The number of amides is 1. The van der Waals surface area contributed by atoms with Gasteiger partial charge in [0.05, 0.1) is 0 Å². The van der Waals surface area contributed by atoms with Crippen LogP contribution in [0.5, 0.6) is 0 Å². The van der Waals surface area contributed by atoms with Crippen LogP contribution in [0, 0.1) is 5.92 Å². The molecule has 1 saturated carbocycles. The summed E-state index contributed by atoms with van der Waals surface area (Å²) in [5.41, 5.74) is 1.06. The Hall–Kier alpha value is -1.38. The Labute approximate surface area is 83.5 Å². The first-order valence-electron chi connectivity index (χ1n) is 5.03. The third-order valence-corrected chi connectivity index (χ3v) is 2.67. The fourth-order valence-corrected chi connectivity index (χ4v) is 1.51. The molecule has 14 heavy (non-hydrogen) atoms. The van der Waals surface area contributed by atoms with Crippen LogP contribution in [0.25, 0.3) is 0 Å². The number of nitrogens with zero attached hydrogens (tertiary/aromatic N) is 1. The van der Waals surface area contributed by atoms with Gasteiger partial charge in [0, 0.05) is 24.9 Å². The van der Waals surface area contributed by atoms with Gasteiger partial charge in [-0.2, -0.15) is 0 Å². The number of aromatic nitrogens is 1. The molecule has 1 heterocycles. The molecule has 1 amide bonds. The lowest BCUT2D eigenvalue weighted by molar-refractivity contribution is -0.127. The molecule has 74 valence electrons. The fourth-order valence-electron chi connectivity index (χ4n) is 1.51. The van der Waals surface area contributed by atoms with Crippen LogP contribution in [-0.2, 0) is 11.3 Å². The van der Waals surface area contributed by atoms with E-state index in [1.165, 1.54) is 6.42 Å². The molecular formula is C11H14N2O. The zero-order valence-electron chi connectivity index (χ0n) is 8.07. The van der Waals surface area contributed by atoms with Gasteiger partial charge in [0.1, 0.15) is 0 Å². The van der Waals surface area contributed by atoms with Gasteiger partial charge in [-0.15, -0.1) is 0 Å². The summed E-state index contributed by atoms with van der Waals surface area (Å²) in [5, 5.41) is 2.92. The van der Waals surface area contributed by atoms with Crippen LogP contribution in [0.1, 0.15) is 24.8 Å². The molecule has 3 nitrogen and oxygen atoms in total. The summed E-state index contributed by atoms with van der Waals surface area (Å²) in [6.07, 6.45) is 6.82. The van der Waals surface area contributed by atoms with Gasteiger partial charge in [0.25, 0.3) is 0 Å². The molecule has 1 aromatic heterocycles. The van der Waals surface area contributed by atoms with Gasteiger partial charge in [-0.3, -0.25) is 9.78 Å².